The fourth-order valence-corrected chi connectivity index (χ4v) is 4.35. The van der Waals surface area contributed by atoms with Crippen LogP contribution >= 0.6 is 11.6 Å². The predicted octanol–water partition coefficient (Wildman–Crippen LogP) is 3.06. The van der Waals surface area contributed by atoms with Gasteiger partial charge in [0.2, 0.25) is 5.91 Å². The Balaban J connectivity index is 1.94. The Morgan fingerprint density at radius 2 is 2.00 bits per heavy atom. The van der Waals surface area contributed by atoms with Crippen molar-refractivity contribution in [1.82, 2.24) is 0 Å². The van der Waals surface area contributed by atoms with E-state index in [1.54, 1.807) is 29.2 Å². The average Bonchev–Trinajstić information content (AvgIpc) is 2.88. The maximum Gasteiger partial charge on any atom is 0.265 e. The number of sulfonamides is 1. The number of benzene rings is 2. The van der Waals surface area contributed by atoms with E-state index >= 15 is 0 Å². The van der Waals surface area contributed by atoms with Crippen LogP contribution in [0, 0.1) is 0 Å². The molecule has 0 atom stereocenters. The molecule has 0 saturated carbocycles. The van der Waals surface area contributed by atoms with Crippen molar-refractivity contribution in [3.63, 3.8) is 0 Å². The zero-order chi connectivity index (χ0) is 18.2. The minimum absolute atomic E-state index is 0.00835. The third-order valence-electron chi connectivity index (χ3n) is 4.00. The first-order valence-electron chi connectivity index (χ1n) is 7.65. The smallest absolute Gasteiger partial charge is 0.265 e. The molecule has 0 aromatic heterocycles. The van der Waals surface area contributed by atoms with Crippen molar-refractivity contribution in [3.05, 3.63) is 47.0 Å². The number of hydrogen-bond donors (Lipinski definition) is 1. The molecule has 0 bridgehead atoms. The molecule has 3 rings (SSSR count). The van der Waals surface area contributed by atoms with Crippen LogP contribution in [-0.4, -0.2) is 28.0 Å². The largest absolute Gasteiger partial charge is 0.495 e. The fraction of sp³-hybridized carbons (Fsp3) is 0.235. The van der Waals surface area contributed by atoms with Gasteiger partial charge in [-0.1, -0.05) is 11.6 Å². The number of nitrogens with zero attached hydrogens (tertiary/aromatic N) is 1. The van der Waals surface area contributed by atoms with Gasteiger partial charge in [0.15, 0.2) is 0 Å². The summed E-state index contributed by atoms with van der Waals surface area (Å²) in [5.41, 5.74) is 1.99. The molecule has 25 heavy (non-hydrogen) atoms. The maximum absolute atomic E-state index is 12.7. The number of halogens is 1. The number of likely N-dealkylation sites (N-methyl/N-ethyl adjacent to an activating group) is 1. The van der Waals surface area contributed by atoms with Crippen molar-refractivity contribution >= 4 is 38.9 Å². The van der Waals surface area contributed by atoms with Crippen LogP contribution < -0.4 is 14.4 Å². The van der Waals surface area contributed by atoms with Crippen molar-refractivity contribution in [3.8, 4) is 5.75 Å². The average molecular weight is 381 g/mol. The second-order valence-corrected chi connectivity index (χ2v) is 7.65. The van der Waals surface area contributed by atoms with Crippen LogP contribution in [0.25, 0.3) is 0 Å². The van der Waals surface area contributed by atoms with Crippen molar-refractivity contribution in [2.45, 2.75) is 18.2 Å². The van der Waals surface area contributed by atoms with Crippen LogP contribution in [0.1, 0.15) is 12.5 Å². The molecule has 0 aliphatic carbocycles. The third kappa shape index (κ3) is 3.29. The molecule has 132 valence electrons. The molecule has 1 N–H and O–H groups in total. The summed E-state index contributed by atoms with van der Waals surface area (Å²) in [5, 5.41) is 0.291. The summed E-state index contributed by atoms with van der Waals surface area (Å²) >= 11 is 5.92. The topological polar surface area (TPSA) is 75.7 Å². The normalized spacial score (nSPS) is 13.7. The summed E-state index contributed by atoms with van der Waals surface area (Å²) in [7, 11) is -2.50. The molecule has 1 aliphatic heterocycles. The van der Waals surface area contributed by atoms with Crippen LogP contribution in [0.5, 0.6) is 5.75 Å². The number of fused-ring (bicyclic) bond motifs is 1. The first-order chi connectivity index (χ1) is 11.9. The van der Waals surface area contributed by atoms with Gasteiger partial charge in [0.1, 0.15) is 10.6 Å². The maximum atomic E-state index is 12.7. The van der Waals surface area contributed by atoms with E-state index in [0.717, 1.165) is 11.3 Å². The van der Waals surface area contributed by atoms with Gasteiger partial charge in [-0.05, 0) is 48.9 Å². The summed E-state index contributed by atoms with van der Waals surface area (Å²) in [6.07, 6.45) is 0.263. The lowest BCUT2D eigenvalue weighted by Crippen LogP contribution is -2.25. The fourth-order valence-electron chi connectivity index (χ4n) is 2.86. The summed E-state index contributed by atoms with van der Waals surface area (Å²) in [6.45, 7) is 2.48. The van der Waals surface area contributed by atoms with E-state index in [2.05, 4.69) is 4.72 Å². The molecule has 2 aromatic rings. The van der Waals surface area contributed by atoms with E-state index in [1.165, 1.54) is 19.2 Å². The van der Waals surface area contributed by atoms with E-state index in [0.29, 0.717) is 17.3 Å². The molecule has 0 spiro atoms. The molecule has 0 unspecified atom stereocenters. The molecular weight excluding hydrogens is 364 g/mol. The lowest BCUT2D eigenvalue weighted by Gasteiger charge is -2.15. The summed E-state index contributed by atoms with van der Waals surface area (Å²) < 4.78 is 33.0. The van der Waals surface area contributed by atoms with Crippen molar-refractivity contribution in [1.29, 1.82) is 0 Å². The van der Waals surface area contributed by atoms with Crippen molar-refractivity contribution < 1.29 is 17.9 Å². The Hall–Kier alpha value is -2.25. The van der Waals surface area contributed by atoms with Gasteiger partial charge in [-0.15, -0.1) is 0 Å². The molecule has 1 heterocycles. The zero-order valence-electron chi connectivity index (χ0n) is 13.7. The van der Waals surface area contributed by atoms with E-state index in [4.69, 9.17) is 16.3 Å². The Kier molecular flexibility index (Phi) is 4.62. The highest BCUT2D eigenvalue weighted by molar-refractivity contribution is 7.92. The van der Waals surface area contributed by atoms with Crippen LogP contribution in [0.2, 0.25) is 5.02 Å². The second-order valence-electron chi connectivity index (χ2n) is 5.56. The molecule has 1 amide bonds. The molecule has 8 heteroatoms. The highest BCUT2D eigenvalue weighted by atomic mass is 35.5. The van der Waals surface area contributed by atoms with Crippen LogP contribution in [0.4, 0.5) is 11.4 Å². The number of carbonyl (C=O) groups excluding carboxylic acids is 1. The molecular formula is C17H17ClN2O4S. The molecule has 1 aliphatic rings. The predicted molar refractivity (Wildman–Crippen MR) is 97.0 cm³/mol. The van der Waals surface area contributed by atoms with Gasteiger partial charge < -0.3 is 9.64 Å². The SMILES string of the molecule is CCN1C(=O)Cc2cc(NS(=O)(=O)c3cc(Cl)ccc3OC)ccc21. The zero-order valence-corrected chi connectivity index (χ0v) is 15.3. The Morgan fingerprint density at radius 1 is 1.24 bits per heavy atom. The summed E-state index contributed by atoms with van der Waals surface area (Å²) in [4.78, 5) is 13.6. The molecule has 0 radical (unpaired) electrons. The monoisotopic (exact) mass is 380 g/mol. The summed E-state index contributed by atoms with van der Waals surface area (Å²) in [6, 6.07) is 9.44. The van der Waals surface area contributed by atoms with Gasteiger partial charge in [-0.3, -0.25) is 9.52 Å². The molecule has 6 nitrogen and oxygen atoms in total. The van der Waals surface area contributed by atoms with Crippen molar-refractivity contribution in [2.75, 3.05) is 23.3 Å². The van der Waals surface area contributed by atoms with E-state index in [9.17, 15) is 13.2 Å². The standard InChI is InChI=1S/C17H17ClN2O4S/c1-3-20-14-6-5-13(8-11(14)9-17(20)21)19-25(22,23)16-10-12(18)4-7-15(16)24-2/h4-8,10,19H,3,9H2,1-2H3. The minimum Gasteiger partial charge on any atom is -0.495 e. The van der Waals surface area contributed by atoms with Gasteiger partial charge in [-0.25, -0.2) is 8.42 Å². The van der Waals surface area contributed by atoms with Gasteiger partial charge in [0, 0.05) is 22.9 Å². The number of nitrogens with one attached hydrogen (secondary N) is 1. The van der Waals surface area contributed by atoms with Gasteiger partial charge >= 0.3 is 0 Å². The third-order valence-corrected chi connectivity index (χ3v) is 5.63. The van der Waals surface area contributed by atoms with Crippen LogP contribution in [0.15, 0.2) is 41.3 Å². The first kappa shape index (κ1) is 17.6. The number of carbonyl (C=O) groups is 1. The van der Waals surface area contributed by atoms with Gasteiger partial charge in [0.05, 0.1) is 13.5 Å². The lowest BCUT2D eigenvalue weighted by atomic mass is 10.1. The van der Waals surface area contributed by atoms with Gasteiger partial charge in [0.25, 0.3) is 10.0 Å². The number of hydrogen-bond acceptors (Lipinski definition) is 4. The van der Waals surface area contributed by atoms with Crippen LogP contribution in [0.3, 0.4) is 0 Å². The van der Waals surface area contributed by atoms with E-state index < -0.39 is 10.0 Å². The number of amides is 1. The quantitative estimate of drug-likeness (QED) is 0.864. The molecule has 0 saturated heterocycles. The lowest BCUT2D eigenvalue weighted by molar-refractivity contribution is -0.117. The Labute approximate surface area is 151 Å². The van der Waals surface area contributed by atoms with E-state index in [-0.39, 0.29) is 23.0 Å². The highest BCUT2D eigenvalue weighted by Crippen LogP contribution is 2.33. The first-order valence-corrected chi connectivity index (χ1v) is 9.51. The number of ether oxygens (including phenoxy) is 1. The Morgan fingerprint density at radius 3 is 2.68 bits per heavy atom. The van der Waals surface area contributed by atoms with Crippen LogP contribution in [-0.2, 0) is 21.2 Å². The van der Waals surface area contributed by atoms with Gasteiger partial charge in [-0.2, -0.15) is 0 Å². The van der Waals surface area contributed by atoms with Crippen molar-refractivity contribution in [2.24, 2.45) is 0 Å². The summed E-state index contributed by atoms with van der Waals surface area (Å²) in [5.74, 6) is 0.208. The molecule has 2 aromatic carbocycles. The highest BCUT2D eigenvalue weighted by Gasteiger charge is 2.27. The number of anilines is 2. The van der Waals surface area contributed by atoms with E-state index in [1.807, 2.05) is 6.92 Å². The molecule has 0 fully saturated rings. The Bertz CT molecular complexity index is 944. The minimum atomic E-state index is -3.89. The number of methoxy groups -OCH3 is 1. The second kappa shape index (κ2) is 6.57. The number of rotatable bonds is 5.